The molecular weight excluding hydrogens is 204 g/mol. The van der Waals surface area contributed by atoms with E-state index < -0.39 is 37.3 Å². The topological polar surface area (TPSA) is 99.4 Å². The van der Waals surface area contributed by atoms with Crippen LogP contribution in [0, 0.1) is 0 Å². The summed E-state index contributed by atoms with van der Waals surface area (Å²) in [6.07, 6.45) is -5.14. The SMILES string of the molecule is CCCOC1O[C@H](CO)[C@@H](O)[C@H](O)[C@@H]1O. The van der Waals surface area contributed by atoms with Crippen LogP contribution in [0.25, 0.3) is 0 Å². The zero-order valence-corrected chi connectivity index (χ0v) is 8.61. The number of aliphatic hydroxyl groups excluding tert-OH is 4. The lowest BCUT2D eigenvalue weighted by Crippen LogP contribution is -2.59. The number of aliphatic hydroxyl groups is 4. The van der Waals surface area contributed by atoms with Crippen molar-refractivity contribution < 1.29 is 29.9 Å². The maximum Gasteiger partial charge on any atom is 0.186 e. The van der Waals surface area contributed by atoms with Crippen LogP contribution in [0.15, 0.2) is 0 Å². The Morgan fingerprint density at radius 2 is 1.80 bits per heavy atom. The van der Waals surface area contributed by atoms with Crippen LogP contribution in [0.1, 0.15) is 13.3 Å². The lowest BCUT2D eigenvalue weighted by molar-refractivity contribution is -0.300. The minimum absolute atomic E-state index is 0.378. The summed E-state index contributed by atoms with van der Waals surface area (Å²) in [4.78, 5) is 0. The highest BCUT2D eigenvalue weighted by molar-refractivity contribution is 4.88. The van der Waals surface area contributed by atoms with E-state index in [0.29, 0.717) is 6.61 Å². The van der Waals surface area contributed by atoms with Crippen molar-refractivity contribution in [3.63, 3.8) is 0 Å². The lowest BCUT2D eigenvalue weighted by atomic mass is 9.99. The molecule has 0 aromatic carbocycles. The fraction of sp³-hybridized carbons (Fsp3) is 1.00. The van der Waals surface area contributed by atoms with E-state index in [1.54, 1.807) is 0 Å². The van der Waals surface area contributed by atoms with Crippen molar-refractivity contribution in [1.82, 2.24) is 0 Å². The summed E-state index contributed by atoms with van der Waals surface area (Å²) in [7, 11) is 0. The molecule has 4 N–H and O–H groups in total. The Hall–Kier alpha value is -0.240. The van der Waals surface area contributed by atoms with Crippen LogP contribution in [0.4, 0.5) is 0 Å². The fourth-order valence-corrected chi connectivity index (χ4v) is 1.44. The molecule has 0 radical (unpaired) electrons. The Morgan fingerprint density at radius 3 is 2.33 bits per heavy atom. The highest BCUT2D eigenvalue weighted by Gasteiger charge is 2.43. The molecule has 1 rings (SSSR count). The third-order valence-corrected chi connectivity index (χ3v) is 2.33. The Kier molecular flexibility index (Phi) is 4.91. The Labute approximate surface area is 88.1 Å². The minimum Gasteiger partial charge on any atom is -0.394 e. The van der Waals surface area contributed by atoms with Crippen molar-refractivity contribution in [2.75, 3.05) is 13.2 Å². The van der Waals surface area contributed by atoms with E-state index >= 15 is 0 Å². The van der Waals surface area contributed by atoms with Crippen LogP contribution in [0.3, 0.4) is 0 Å². The van der Waals surface area contributed by atoms with Crippen LogP contribution in [0.2, 0.25) is 0 Å². The molecule has 0 aromatic heterocycles. The molecule has 0 aliphatic carbocycles. The summed E-state index contributed by atoms with van der Waals surface area (Å²) in [5.74, 6) is 0. The van der Waals surface area contributed by atoms with E-state index in [0.717, 1.165) is 6.42 Å². The average molecular weight is 222 g/mol. The van der Waals surface area contributed by atoms with Gasteiger partial charge in [-0.2, -0.15) is 0 Å². The number of hydrogen-bond acceptors (Lipinski definition) is 6. The normalized spacial score (nSPS) is 41.8. The van der Waals surface area contributed by atoms with Gasteiger partial charge in [0.2, 0.25) is 0 Å². The largest absolute Gasteiger partial charge is 0.394 e. The standard InChI is InChI=1S/C9H18O6/c1-2-3-14-9-8(13)7(12)6(11)5(4-10)15-9/h5-13H,2-4H2,1H3/t5-,6-,7+,8+,9?/m1/s1. The van der Waals surface area contributed by atoms with Crippen molar-refractivity contribution in [3.05, 3.63) is 0 Å². The third kappa shape index (κ3) is 2.87. The molecule has 1 unspecified atom stereocenters. The van der Waals surface area contributed by atoms with Crippen molar-refractivity contribution in [2.45, 2.75) is 44.1 Å². The molecule has 15 heavy (non-hydrogen) atoms. The molecule has 1 fully saturated rings. The molecule has 6 heteroatoms. The number of rotatable bonds is 4. The molecule has 90 valence electrons. The summed E-state index contributed by atoms with van der Waals surface area (Å²) in [6, 6.07) is 0. The highest BCUT2D eigenvalue weighted by Crippen LogP contribution is 2.21. The second-order valence-electron chi connectivity index (χ2n) is 3.57. The first kappa shape index (κ1) is 12.8. The summed E-state index contributed by atoms with van der Waals surface area (Å²) in [6.45, 7) is 1.84. The van der Waals surface area contributed by atoms with E-state index in [1.807, 2.05) is 6.92 Å². The maximum atomic E-state index is 9.51. The van der Waals surface area contributed by atoms with Crippen LogP contribution in [-0.4, -0.2) is 64.3 Å². The third-order valence-electron chi connectivity index (χ3n) is 2.33. The minimum atomic E-state index is -1.36. The van der Waals surface area contributed by atoms with E-state index in [2.05, 4.69) is 0 Å². The summed E-state index contributed by atoms with van der Waals surface area (Å²) in [5.41, 5.74) is 0. The van der Waals surface area contributed by atoms with Crippen LogP contribution >= 0.6 is 0 Å². The van der Waals surface area contributed by atoms with Crippen molar-refractivity contribution in [1.29, 1.82) is 0 Å². The monoisotopic (exact) mass is 222 g/mol. The number of hydrogen-bond donors (Lipinski definition) is 4. The molecule has 5 atom stereocenters. The Morgan fingerprint density at radius 1 is 1.13 bits per heavy atom. The summed E-state index contributed by atoms with van der Waals surface area (Å²) < 4.78 is 10.2. The van der Waals surface area contributed by atoms with Gasteiger partial charge in [-0.05, 0) is 6.42 Å². The van der Waals surface area contributed by atoms with Gasteiger partial charge in [-0.3, -0.25) is 0 Å². The molecule has 0 bridgehead atoms. The second kappa shape index (κ2) is 5.74. The first-order valence-electron chi connectivity index (χ1n) is 5.04. The predicted molar refractivity (Wildman–Crippen MR) is 50.0 cm³/mol. The molecular formula is C9H18O6. The highest BCUT2D eigenvalue weighted by atomic mass is 16.7. The number of ether oxygens (including phenoxy) is 2. The molecule has 0 amide bonds. The molecule has 1 heterocycles. The van der Waals surface area contributed by atoms with Crippen LogP contribution in [-0.2, 0) is 9.47 Å². The molecule has 0 saturated carbocycles. The van der Waals surface area contributed by atoms with E-state index in [-0.39, 0.29) is 0 Å². The van der Waals surface area contributed by atoms with Gasteiger partial charge < -0.3 is 29.9 Å². The average Bonchev–Trinajstić information content (AvgIpc) is 2.25. The van der Waals surface area contributed by atoms with Gasteiger partial charge in [0.25, 0.3) is 0 Å². The molecule has 6 nitrogen and oxygen atoms in total. The van der Waals surface area contributed by atoms with Gasteiger partial charge in [0.1, 0.15) is 24.4 Å². The van der Waals surface area contributed by atoms with Crippen molar-refractivity contribution in [2.24, 2.45) is 0 Å². The summed E-state index contributed by atoms with van der Waals surface area (Å²) in [5, 5.41) is 37.2. The van der Waals surface area contributed by atoms with Crippen LogP contribution < -0.4 is 0 Å². The van der Waals surface area contributed by atoms with Gasteiger partial charge in [-0.15, -0.1) is 0 Å². The van der Waals surface area contributed by atoms with Crippen LogP contribution in [0.5, 0.6) is 0 Å². The molecule has 0 aromatic rings. The molecule has 1 aliphatic rings. The fourth-order valence-electron chi connectivity index (χ4n) is 1.44. The predicted octanol–water partition coefficient (Wildman–Crippen LogP) is -1.79. The summed E-state index contributed by atoms with van der Waals surface area (Å²) >= 11 is 0. The molecule has 0 spiro atoms. The quantitative estimate of drug-likeness (QED) is 0.448. The first-order valence-corrected chi connectivity index (χ1v) is 5.04. The molecule has 1 aliphatic heterocycles. The van der Waals surface area contributed by atoms with Gasteiger partial charge in [0, 0.05) is 6.61 Å². The van der Waals surface area contributed by atoms with Crippen molar-refractivity contribution >= 4 is 0 Å². The maximum absolute atomic E-state index is 9.51. The first-order chi connectivity index (χ1) is 7.11. The zero-order valence-electron chi connectivity index (χ0n) is 8.61. The van der Waals surface area contributed by atoms with Gasteiger partial charge >= 0.3 is 0 Å². The van der Waals surface area contributed by atoms with Gasteiger partial charge in [0.15, 0.2) is 6.29 Å². The Bertz CT molecular complexity index is 185. The van der Waals surface area contributed by atoms with E-state index in [1.165, 1.54) is 0 Å². The van der Waals surface area contributed by atoms with E-state index in [9.17, 15) is 15.3 Å². The zero-order chi connectivity index (χ0) is 11.4. The molecule has 1 saturated heterocycles. The Balaban J connectivity index is 2.57. The smallest absolute Gasteiger partial charge is 0.186 e. The lowest BCUT2D eigenvalue weighted by Gasteiger charge is -2.39. The van der Waals surface area contributed by atoms with Crippen molar-refractivity contribution in [3.8, 4) is 0 Å². The van der Waals surface area contributed by atoms with Gasteiger partial charge in [0.05, 0.1) is 6.61 Å². The van der Waals surface area contributed by atoms with Gasteiger partial charge in [-0.1, -0.05) is 6.92 Å². The van der Waals surface area contributed by atoms with E-state index in [4.69, 9.17) is 14.6 Å². The van der Waals surface area contributed by atoms with Gasteiger partial charge in [-0.25, -0.2) is 0 Å². The second-order valence-corrected chi connectivity index (χ2v) is 3.57.